The van der Waals surface area contributed by atoms with E-state index in [9.17, 15) is 9.59 Å². The largest absolute Gasteiger partial charge is 0.299 e. The van der Waals surface area contributed by atoms with Gasteiger partial charge in [-0.05, 0) is 56.4 Å². The summed E-state index contributed by atoms with van der Waals surface area (Å²) >= 11 is 0. The molecule has 0 saturated heterocycles. The Bertz CT molecular complexity index is 498. The fourth-order valence-corrected chi connectivity index (χ4v) is 2.49. The van der Waals surface area contributed by atoms with Gasteiger partial charge in [-0.25, -0.2) is 0 Å². The normalized spacial score (nSPS) is 18.8. The molecule has 0 fully saturated rings. The Morgan fingerprint density at radius 2 is 1.88 bits per heavy atom. The maximum atomic E-state index is 12.1. The summed E-state index contributed by atoms with van der Waals surface area (Å²) in [5.74, 6) is -0.436. The molecule has 1 atom stereocenters. The number of carbonyl (C=O) groups excluding carboxylic acids is 2. The molecule has 16 heavy (non-hydrogen) atoms. The molecule has 2 rings (SSSR count). The summed E-state index contributed by atoms with van der Waals surface area (Å²) in [7, 11) is 0. The molecule has 0 spiro atoms. The van der Waals surface area contributed by atoms with Crippen molar-refractivity contribution in [3.63, 3.8) is 0 Å². The first-order valence-corrected chi connectivity index (χ1v) is 5.57. The molecule has 84 valence electrons. The van der Waals surface area contributed by atoms with E-state index in [4.69, 9.17) is 0 Å². The minimum Gasteiger partial charge on any atom is -0.299 e. The van der Waals surface area contributed by atoms with Gasteiger partial charge in [0.15, 0.2) is 5.78 Å². The van der Waals surface area contributed by atoms with Crippen molar-refractivity contribution in [1.29, 1.82) is 0 Å². The van der Waals surface area contributed by atoms with Gasteiger partial charge < -0.3 is 0 Å². The molecule has 0 radical (unpaired) electrons. The monoisotopic (exact) mass is 216 g/mol. The van der Waals surface area contributed by atoms with E-state index in [1.807, 2.05) is 20.8 Å². The van der Waals surface area contributed by atoms with E-state index in [0.717, 1.165) is 22.3 Å². The molecule has 0 bridgehead atoms. The smallest absolute Gasteiger partial charge is 0.174 e. The molecule has 0 aromatic heterocycles. The van der Waals surface area contributed by atoms with Crippen LogP contribution in [0.1, 0.15) is 39.5 Å². The quantitative estimate of drug-likeness (QED) is 0.676. The van der Waals surface area contributed by atoms with Crippen molar-refractivity contribution in [2.24, 2.45) is 5.92 Å². The van der Waals surface area contributed by atoms with Crippen molar-refractivity contribution < 1.29 is 9.59 Å². The van der Waals surface area contributed by atoms with Crippen molar-refractivity contribution in [2.45, 2.75) is 34.1 Å². The van der Waals surface area contributed by atoms with Crippen molar-refractivity contribution in [2.75, 3.05) is 0 Å². The number of rotatable bonds is 1. The molecule has 0 amide bonds. The number of hydrogen-bond acceptors (Lipinski definition) is 2. The molecule has 0 heterocycles. The molecular weight excluding hydrogens is 200 g/mol. The van der Waals surface area contributed by atoms with Gasteiger partial charge in [-0.3, -0.25) is 9.59 Å². The molecule has 1 aliphatic rings. The van der Waals surface area contributed by atoms with Gasteiger partial charge in [0.25, 0.3) is 0 Å². The fraction of sp³-hybridized carbons (Fsp3) is 0.429. The lowest BCUT2D eigenvalue weighted by molar-refractivity contribution is -0.119. The number of Topliss-reactive ketones (excluding diaryl/α,β-unsaturated/α-hetero) is 2. The number of benzene rings is 1. The SMILES string of the molecule is CC(=O)C1Cc2cc(C)c(C)c(C)c2C1=O. The van der Waals surface area contributed by atoms with Gasteiger partial charge in [-0.1, -0.05) is 6.07 Å². The molecule has 2 nitrogen and oxygen atoms in total. The van der Waals surface area contributed by atoms with E-state index in [1.165, 1.54) is 12.5 Å². The first kappa shape index (κ1) is 11.1. The maximum Gasteiger partial charge on any atom is 0.174 e. The summed E-state index contributed by atoms with van der Waals surface area (Å²) in [6, 6.07) is 2.05. The van der Waals surface area contributed by atoms with Crippen LogP contribution in [-0.2, 0) is 11.2 Å². The van der Waals surface area contributed by atoms with E-state index < -0.39 is 5.92 Å². The van der Waals surface area contributed by atoms with Crippen molar-refractivity contribution in [3.8, 4) is 0 Å². The highest BCUT2D eigenvalue weighted by Gasteiger charge is 2.35. The Morgan fingerprint density at radius 1 is 1.25 bits per heavy atom. The third kappa shape index (κ3) is 1.41. The molecule has 1 unspecified atom stereocenters. The predicted molar refractivity (Wildman–Crippen MR) is 62.9 cm³/mol. The molecule has 2 heteroatoms. The Balaban J connectivity index is 2.61. The lowest BCUT2D eigenvalue weighted by atomic mass is 9.95. The predicted octanol–water partition coefficient (Wildman–Crippen LogP) is 2.56. The van der Waals surface area contributed by atoms with Crippen LogP contribution in [0, 0.1) is 26.7 Å². The third-order valence-electron chi connectivity index (χ3n) is 3.72. The van der Waals surface area contributed by atoms with Crippen LogP contribution in [0.5, 0.6) is 0 Å². The topological polar surface area (TPSA) is 34.1 Å². The van der Waals surface area contributed by atoms with Gasteiger partial charge in [0.1, 0.15) is 5.78 Å². The van der Waals surface area contributed by atoms with Crippen LogP contribution in [0.2, 0.25) is 0 Å². The average Bonchev–Trinajstić information content (AvgIpc) is 2.52. The highest BCUT2D eigenvalue weighted by Crippen LogP contribution is 2.32. The first-order valence-electron chi connectivity index (χ1n) is 5.57. The summed E-state index contributed by atoms with van der Waals surface area (Å²) in [6.07, 6.45) is 0.589. The lowest BCUT2D eigenvalue weighted by Gasteiger charge is -2.09. The minimum atomic E-state index is -0.435. The highest BCUT2D eigenvalue weighted by molar-refractivity contribution is 6.14. The minimum absolute atomic E-state index is 0.0168. The Labute approximate surface area is 95.7 Å². The standard InChI is InChI=1S/C14H16O2/c1-7-5-11-6-12(10(4)15)14(16)13(11)9(3)8(7)2/h5,12H,6H2,1-4H3. The zero-order valence-corrected chi connectivity index (χ0v) is 10.2. The van der Waals surface area contributed by atoms with Gasteiger partial charge in [-0.15, -0.1) is 0 Å². The summed E-state index contributed by atoms with van der Waals surface area (Å²) < 4.78 is 0. The van der Waals surface area contributed by atoms with Gasteiger partial charge in [0.05, 0.1) is 5.92 Å². The number of fused-ring (bicyclic) bond motifs is 1. The van der Waals surface area contributed by atoms with E-state index >= 15 is 0 Å². The van der Waals surface area contributed by atoms with E-state index in [0.29, 0.717) is 6.42 Å². The van der Waals surface area contributed by atoms with Crippen LogP contribution < -0.4 is 0 Å². The van der Waals surface area contributed by atoms with Crippen molar-refractivity contribution in [1.82, 2.24) is 0 Å². The van der Waals surface area contributed by atoms with Gasteiger partial charge in [0, 0.05) is 5.56 Å². The molecular formula is C14H16O2. The summed E-state index contributed by atoms with van der Waals surface area (Å²) in [4.78, 5) is 23.5. The van der Waals surface area contributed by atoms with Crippen LogP contribution in [0.15, 0.2) is 6.07 Å². The zero-order chi connectivity index (χ0) is 12.0. The van der Waals surface area contributed by atoms with E-state index in [-0.39, 0.29) is 11.6 Å². The zero-order valence-electron chi connectivity index (χ0n) is 10.2. The first-order chi connectivity index (χ1) is 7.43. The molecule has 0 aliphatic heterocycles. The summed E-state index contributed by atoms with van der Waals surface area (Å²) in [6.45, 7) is 7.55. The van der Waals surface area contributed by atoms with Crippen LogP contribution in [-0.4, -0.2) is 11.6 Å². The highest BCUT2D eigenvalue weighted by atomic mass is 16.1. The second kappa shape index (κ2) is 3.55. The van der Waals surface area contributed by atoms with Crippen molar-refractivity contribution in [3.05, 3.63) is 33.9 Å². The van der Waals surface area contributed by atoms with Crippen LogP contribution >= 0.6 is 0 Å². The Hall–Kier alpha value is -1.44. The number of hydrogen-bond donors (Lipinski definition) is 0. The maximum absolute atomic E-state index is 12.1. The van der Waals surface area contributed by atoms with E-state index in [2.05, 4.69) is 6.07 Å². The van der Waals surface area contributed by atoms with Gasteiger partial charge in [0.2, 0.25) is 0 Å². The fourth-order valence-electron chi connectivity index (χ4n) is 2.49. The van der Waals surface area contributed by atoms with Gasteiger partial charge in [-0.2, -0.15) is 0 Å². The third-order valence-corrected chi connectivity index (χ3v) is 3.72. The Morgan fingerprint density at radius 3 is 2.44 bits per heavy atom. The molecule has 1 aromatic rings. The van der Waals surface area contributed by atoms with E-state index in [1.54, 1.807) is 0 Å². The Kier molecular flexibility index (Phi) is 2.45. The van der Waals surface area contributed by atoms with Crippen LogP contribution in [0.25, 0.3) is 0 Å². The summed E-state index contributed by atoms with van der Waals surface area (Å²) in [5.41, 5.74) is 5.25. The number of aryl methyl sites for hydroxylation is 1. The second-order valence-electron chi connectivity index (χ2n) is 4.71. The van der Waals surface area contributed by atoms with Crippen LogP contribution in [0.4, 0.5) is 0 Å². The van der Waals surface area contributed by atoms with Gasteiger partial charge >= 0.3 is 0 Å². The second-order valence-corrected chi connectivity index (χ2v) is 4.71. The average molecular weight is 216 g/mol. The lowest BCUT2D eigenvalue weighted by Crippen LogP contribution is -2.17. The summed E-state index contributed by atoms with van der Waals surface area (Å²) in [5, 5.41) is 0. The molecule has 1 aromatic carbocycles. The molecule has 0 N–H and O–H groups in total. The number of carbonyl (C=O) groups is 2. The molecule has 0 saturated carbocycles. The molecule has 1 aliphatic carbocycles. The number of ketones is 2. The van der Waals surface area contributed by atoms with Crippen molar-refractivity contribution >= 4 is 11.6 Å². The van der Waals surface area contributed by atoms with Crippen LogP contribution in [0.3, 0.4) is 0 Å².